The van der Waals surface area contributed by atoms with Gasteiger partial charge in [0.05, 0.1) is 30.8 Å². The van der Waals surface area contributed by atoms with Crippen molar-refractivity contribution in [3.05, 3.63) is 41.6 Å². The number of nitrogens with zero attached hydrogens (tertiary/aromatic N) is 4. The van der Waals surface area contributed by atoms with Crippen LogP contribution < -0.4 is 26.1 Å². The van der Waals surface area contributed by atoms with Gasteiger partial charge in [-0.2, -0.15) is 15.1 Å². The molecule has 0 saturated carbocycles. The summed E-state index contributed by atoms with van der Waals surface area (Å²) in [7, 11) is 1.85. The number of amides is 1. The van der Waals surface area contributed by atoms with E-state index in [1.54, 1.807) is 30.5 Å². The second kappa shape index (κ2) is 10.3. The van der Waals surface area contributed by atoms with Gasteiger partial charge in [-0.05, 0) is 25.2 Å². The highest BCUT2D eigenvalue weighted by molar-refractivity contribution is 5.93. The van der Waals surface area contributed by atoms with Crippen LogP contribution in [0.2, 0.25) is 0 Å². The van der Waals surface area contributed by atoms with Crippen molar-refractivity contribution >= 4 is 23.6 Å². The first-order valence-electron chi connectivity index (χ1n) is 9.34. The van der Waals surface area contributed by atoms with Crippen molar-refractivity contribution in [3.63, 3.8) is 0 Å². The summed E-state index contributed by atoms with van der Waals surface area (Å²) in [5.41, 5.74) is 9.82. The van der Waals surface area contributed by atoms with Gasteiger partial charge in [-0.15, -0.1) is 0 Å². The molecule has 1 fully saturated rings. The SMILES string of the molecule is CNCCOc1nc(/C=N/Nc2cccc(C(N)=O)c2)cc(N2CCOCC2)n1. The zero-order valence-corrected chi connectivity index (χ0v) is 16.3. The number of nitrogens with two attached hydrogens (primary N) is 1. The summed E-state index contributed by atoms with van der Waals surface area (Å²) >= 11 is 0. The van der Waals surface area contributed by atoms with Gasteiger partial charge in [0.15, 0.2) is 0 Å². The average molecular weight is 399 g/mol. The standard InChI is InChI=1S/C19H25N7O3/c1-21-5-8-29-19-23-16(12-17(24-19)26-6-9-28-10-7-26)13-22-25-15-4-2-3-14(11-15)18(20)27/h2-4,11-13,21,25H,5-10H2,1H3,(H2,20,27)/b22-13+. The Kier molecular flexibility index (Phi) is 7.31. The summed E-state index contributed by atoms with van der Waals surface area (Å²) < 4.78 is 11.1. The van der Waals surface area contributed by atoms with Crippen LogP contribution in [0.4, 0.5) is 11.5 Å². The first-order chi connectivity index (χ1) is 14.2. The number of benzene rings is 1. The quantitative estimate of drug-likeness (QED) is 0.315. The Labute approximate surface area is 169 Å². The highest BCUT2D eigenvalue weighted by Crippen LogP contribution is 2.17. The molecule has 10 heteroatoms. The van der Waals surface area contributed by atoms with E-state index in [0.717, 1.165) is 18.9 Å². The Morgan fingerprint density at radius 2 is 2.17 bits per heavy atom. The van der Waals surface area contributed by atoms with Gasteiger partial charge in [-0.3, -0.25) is 10.2 Å². The van der Waals surface area contributed by atoms with Crippen molar-refractivity contribution in [1.29, 1.82) is 0 Å². The number of ether oxygens (including phenoxy) is 2. The van der Waals surface area contributed by atoms with Gasteiger partial charge in [-0.25, -0.2) is 0 Å². The number of likely N-dealkylation sites (N-methyl/N-ethyl adjacent to an activating group) is 1. The lowest BCUT2D eigenvalue weighted by molar-refractivity contribution is 0.100. The number of hydrogen-bond acceptors (Lipinski definition) is 9. The number of hydrogen-bond donors (Lipinski definition) is 3. The van der Waals surface area contributed by atoms with Gasteiger partial charge in [0.1, 0.15) is 12.4 Å². The Morgan fingerprint density at radius 1 is 1.34 bits per heavy atom. The zero-order valence-electron chi connectivity index (χ0n) is 16.3. The fraction of sp³-hybridized carbons (Fsp3) is 0.368. The van der Waals surface area contributed by atoms with E-state index in [-0.39, 0.29) is 0 Å². The number of morpholine rings is 1. The Hall–Kier alpha value is -3.24. The maximum Gasteiger partial charge on any atom is 0.319 e. The zero-order chi connectivity index (χ0) is 20.5. The predicted octanol–water partition coefficient (Wildman–Crippen LogP) is 0.456. The fourth-order valence-electron chi connectivity index (χ4n) is 2.67. The number of primary amides is 1. The van der Waals surface area contributed by atoms with Gasteiger partial charge >= 0.3 is 6.01 Å². The second-order valence-electron chi connectivity index (χ2n) is 6.30. The topological polar surface area (TPSA) is 127 Å². The Morgan fingerprint density at radius 3 is 2.93 bits per heavy atom. The van der Waals surface area contributed by atoms with Crippen LogP contribution in [-0.4, -0.2) is 68.6 Å². The van der Waals surface area contributed by atoms with Crippen molar-refractivity contribution in [3.8, 4) is 6.01 Å². The van der Waals surface area contributed by atoms with Crippen LogP contribution in [0.5, 0.6) is 6.01 Å². The molecule has 1 saturated heterocycles. The molecule has 3 rings (SSSR count). The Balaban J connectivity index is 1.75. The third kappa shape index (κ3) is 6.13. The minimum atomic E-state index is -0.494. The van der Waals surface area contributed by atoms with E-state index in [2.05, 4.69) is 30.7 Å². The van der Waals surface area contributed by atoms with Crippen LogP contribution in [0.15, 0.2) is 35.4 Å². The molecule has 0 atom stereocenters. The van der Waals surface area contributed by atoms with Gasteiger partial charge < -0.3 is 25.4 Å². The summed E-state index contributed by atoms with van der Waals surface area (Å²) in [5, 5.41) is 7.23. The highest BCUT2D eigenvalue weighted by Gasteiger charge is 2.15. The molecule has 0 unspecified atom stereocenters. The van der Waals surface area contributed by atoms with E-state index < -0.39 is 5.91 Å². The van der Waals surface area contributed by atoms with E-state index >= 15 is 0 Å². The molecule has 1 aromatic carbocycles. The van der Waals surface area contributed by atoms with Crippen LogP contribution in [-0.2, 0) is 4.74 Å². The lowest BCUT2D eigenvalue weighted by atomic mass is 10.2. The van der Waals surface area contributed by atoms with E-state index in [4.69, 9.17) is 15.2 Å². The highest BCUT2D eigenvalue weighted by atomic mass is 16.5. The van der Waals surface area contributed by atoms with Crippen LogP contribution in [0, 0.1) is 0 Å². The molecule has 1 amide bonds. The number of carbonyl (C=O) groups is 1. The van der Waals surface area contributed by atoms with Crippen LogP contribution in [0.3, 0.4) is 0 Å². The van der Waals surface area contributed by atoms with Crippen molar-refractivity contribution in [2.45, 2.75) is 0 Å². The normalized spacial score (nSPS) is 14.2. The molecule has 1 aliphatic heterocycles. The molecule has 29 heavy (non-hydrogen) atoms. The molecular weight excluding hydrogens is 374 g/mol. The number of aromatic nitrogens is 2. The molecule has 0 radical (unpaired) electrons. The summed E-state index contributed by atoms with van der Waals surface area (Å²) in [6, 6.07) is 8.93. The third-order valence-electron chi connectivity index (χ3n) is 4.17. The number of hydrazone groups is 1. The number of rotatable bonds is 9. The molecule has 2 heterocycles. The lowest BCUT2D eigenvalue weighted by Gasteiger charge is -2.28. The minimum Gasteiger partial charge on any atom is -0.462 e. The first kappa shape index (κ1) is 20.5. The van der Waals surface area contributed by atoms with Crippen LogP contribution in [0.1, 0.15) is 16.1 Å². The van der Waals surface area contributed by atoms with Crippen molar-refractivity contribution in [1.82, 2.24) is 15.3 Å². The third-order valence-corrected chi connectivity index (χ3v) is 4.17. The maximum atomic E-state index is 11.3. The summed E-state index contributed by atoms with van der Waals surface area (Å²) in [4.78, 5) is 22.3. The fourth-order valence-corrected chi connectivity index (χ4v) is 2.67. The molecule has 2 aromatic rings. The Bertz CT molecular complexity index is 853. The van der Waals surface area contributed by atoms with Crippen molar-refractivity contribution < 1.29 is 14.3 Å². The van der Waals surface area contributed by atoms with E-state index in [0.29, 0.717) is 49.3 Å². The average Bonchev–Trinajstić information content (AvgIpc) is 2.75. The van der Waals surface area contributed by atoms with Crippen LogP contribution >= 0.6 is 0 Å². The molecule has 154 valence electrons. The molecular formula is C19H25N7O3. The second-order valence-corrected chi connectivity index (χ2v) is 6.30. The molecule has 4 N–H and O–H groups in total. The van der Waals surface area contributed by atoms with Gasteiger partial charge in [0.2, 0.25) is 5.91 Å². The molecule has 0 bridgehead atoms. The molecule has 10 nitrogen and oxygen atoms in total. The van der Waals surface area contributed by atoms with E-state index in [1.165, 1.54) is 0 Å². The predicted molar refractivity (Wildman–Crippen MR) is 111 cm³/mol. The monoisotopic (exact) mass is 399 g/mol. The molecule has 1 aliphatic rings. The van der Waals surface area contributed by atoms with Gasteiger partial charge in [-0.1, -0.05) is 6.07 Å². The first-order valence-corrected chi connectivity index (χ1v) is 9.34. The van der Waals surface area contributed by atoms with Crippen molar-refractivity contribution in [2.24, 2.45) is 10.8 Å². The molecule has 1 aromatic heterocycles. The maximum absolute atomic E-state index is 11.3. The summed E-state index contributed by atoms with van der Waals surface area (Å²) in [6.45, 7) is 3.95. The van der Waals surface area contributed by atoms with Gasteiger partial charge in [0, 0.05) is 31.3 Å². The molecule has 0 spiro atoms. The smallest absolute Gasteiger partial charge is 0.319 e. The molecule has 0 aliphatic carbocycles. The van der Waals surface area contributed by atoms with Crippen molar-refractivity contribution in [2.75, 3.05) is 56.8 Å². The lowest BCUT2D eigenvalue weighted by Crippen LogP contribution is -2.37. The number of nitrogens with one attached hydrogen (secondary N) is 2. The largest absolute Gasteiger partial charge is 0.462 e. The van der Waals surface area contributed by atoms with Gasteiger partial charge in [0.25, 0.3) is 0 Å². The number of anilines is 2. The van der Waals surface area contributed by atoms with E-state index in [9.17, 15) is 4.79 Å². The minimum absolute atomic E-state index is 0.293. The summed E-state index contributed by atoms with van der Waals surface area (Å²) in [5.74, 6) is 0.270. The van der Waals surface area contributed by atoms with E-state index in [1.807, 2.05) is 13.1 Å². The number of carbonyl (C=O) groups excluding carboxylic acids is 1. The van der Waals surface area contributed by atoms with Crippen LogP contribution in [0.25, 0.3) is 0 Å². The summed E-state index contributed by atoms with van der Waals surface area (Å²) in [6.07, 6.45) is 1.58.